The zero-order valence-corrected chi connectivity index (χ0v) is 9.80. The second kappa shape index (κ2) is 3.84. The summed E-state index contributed by atoms with van der Waals surface area (Å²) in [6.45, 7) is 4.57. The van der Waals surface area contributed by atoms with Crippen molar-refractivity contribution >= 4 is 0 Å². The normalized spacial score (nSPS) is 17.2. The van der Waals surface area contributed by atoms with Gasteiger partial charge in [0, 0.05) is 0 Å². The van der Waals surface area contributed by atoms with E-state index in [-0.39, 0.29) is 16.9 Å². The monoisotopic (exact) mass is 243 g/mol. The van der Waals surface area contributed by atoms with Crippen LogP contribution in [-0.4, -0.2) is 12.8 Å². The van der Waals surface area contributed by atoms with Gasteiger partial charge in [-0.25, -0.2) is 0 Å². The molecule has 1 aliphatic rings. The third-order valence-electron chi connectivity index (χ3n) is 2.70. The molecule has 0 spiro atoms. The van der Waals surface area contributed by atoms with Crippen LogP contribution < -0.4 is 15.2 Å². The van der Waals surface area contributed by atoms with Gasteiger partial charge < -0.3 is 15.2 Å². The first-order valence-corrected chi connectivity index (χ1v) is 5.40. The number of rotatable bonds is 3. The lowest BCUT2D eigenvalue weighted by molar-refractivity contribution is -0.286. The lowest BCUT2D eigenvalue weighted by Gasteiger charge is -2.22. The summed E-state index contributed by atoms with van der Waals surface area (Å²) in [4.78, 5) is 0. The van der Waals surface area contributed by atoms with E-state index in [0.717, 1.165) is 5.56 Å². The van der Waals surface area contributed by atoms with Crippen molar-refractivity contribution in [2.24, 2.45) is 11.1 Å². The molecule has 1 aromatic carbocycles. The van der Waals surface area contributed by atoms with Crippen LogP contribution in [0.15, 0.2) is 18.2 Å². The molecular weight excluding hydrogens is 228 g/mol. The summed E-state index contributed by atoms with van der Waals surface area (Å²) in [5, 5.41) is 0. The van der Waals surface area contributed by atoms with E-state index in [1.54, 1.807) is 12.1 Å². The molecule has 1 heterocycles. The van der Waals surface area contributed by atoms with Crippen molar-refractivity contribution in [1.82, 2.24) is 0 Å². The summed E-state index contributed by atoms with van der Waals surface area (Å²) in [5.41, 5.74) is 6.46. The van der Waals surface area contributed by atoms with Gasteiger partial charge in [0.1, 0.15) is 0 Å². The maximum absolute atomic E-state index is 12.8. The topological polar surface area (TPSA) is 44.5 Å². The minimum Gasteiger partial charge on any atom is -0.395 e. The van der Waals surface area contributed by atoms with Gasteiger partial charge in [-0.2, -0.15) is 0 Å². The van der Waals surface area contributed by atoms with E-state index < -0.39 is 6.29 Å². The first-order chi connectivity index (χ1) is 7.81. The van der Waals surface area contributed by atoms with E-state index in [0.29, 0.717) is 13.0 Å². The van der Waals surface area contributed by atoms with Crippen LogP contribution in [0.1, 0.15) is 19.4 Å². The molecule has 0 saturated carbocycles. The van der Waals surface area contributed by atoms with Crippen molar-refractivity contribution in [3.8, 4) is 11.5 Å². The van der Waals surface area contributed by atoms with E-state index in [4.69, 9.17) is 5.73 Å². The number of hydrogen-bond donors (Lipinski definition) is 1. The highest BCUT2D eigenvalue weighted by Crippen LogP contribution is 2.41. The predicted molar refractivity (Wildman–Crippen MR) is 59.2 cm³/mol. The summed E-state index contributed by atoms with van der Waals surface area (Å²) in [5.74, 6) is 0.157. The molecule has 0 unspecified atom stereocenters. The molecular formula is C12H15F2NO2. The Bertz CT molecular complexity index is 433. The second-order valence-corrected chi connectivity index (χ2v) is 4.99. The van der Waals surface area contributed by atoms with Gasteiger partial charge in [0.25, 0.3) is 0 Å². The van der Waals surface area contributed by atoms with Gasteiger partial charge >= 0.3 is 6.29 Å². The summed E-state index contributed by atoms with van der Waals surface area (Å²) in [7, 11) is 0. The molecule has 0 aromatic heterocycles. The van der Waals surface area contributed by atoms with Gasteiger partial charge in [0.15, 0.2) is 11.5 Å². The lowest BCUT2D eigenvalue weighted by atomic mass is 9.86. The number of benzene rings is 1. The van der Waals surface area contributed by atoms with Crippen molar-refractivity contribution < 1.29 is 18.3 Å². The van der Waals surface area contributed by atoms with Crippen LogP contribution in [0.5, 0.6) is 11.5 Å². The fourth-order valence-electron chi connectivity index (χ4n) is 1.73. The molecule has 3 nitrogen and oxygen atoms in total. The van der Waals surface area contributed by atoms with Crippen LogP contribution in [0.3, 0.4) is 0 Å². The summed E-state index contributed by atoms with van der Waals surface area (Å²) in [6.07, 6.45) is -2.85. The molecule has 0 aliphatic carbocycles. The number of ether oxygens (including phenoxy) is 2. The quantitative estimate of drug-likeness (QED) is 0.887. The van der Waals surface area contributed by atoms with Crippen LogP contribution in [0.2, 0.25) is 0 Å². The number of alkyl halides is 2. The minimum absolute atomic E-state index is 0.0732. The van der Waals surface area contributed by atoms with Gasteiger partial charge in [-0.1, -0.05) is 19.9 Å². The van der Waals surface area contributed by atoms with Crippen molar-refractivity contribution in [1.29, 1.82) is 0 Å². The third-order valence-corrected chi connectivity index (χ3v) is 2.70. The molecule has 94 valence electrons. The standard InChI is InChI=1S/C12H15F2NO2/c1-11(2,7-15)6-8-3-4-9-10(5-8)17-12(13,14)16-9/h3-5H,6-7,15H2,1-2H3. The molecule has 2 rings (SSSR count). The van der Waals surface area contributed by atoms with Crippen molar-refractivity contribution in [2.45, 2.75) is 26.6 Å². The highest BCUT2D eigenvalue weighted by molar-refractivity contribution is 5.45. The van der Waals surface area contributed by atoms with Crippen LogP contribution in [0.4, 0.5) is 8.78 Å². The minimum atomic E-state index is -3.55. The average Bonchev–Trinajstić information content (AvgIpc) is 2.50. The fraction of sp³-hybridized carbons (Fsp3) is 0.500. The maximum atomic E-state index is 12.8. The third kappa shape index (κ3) is 2.66. The Labute approximate surface area is 98.5 Å². The van der Waals surface area contributed by atoms with E-state index in [2.05, 4.69) is 9.47 Å². The SMILES string of the molecule is CC(C)(CN)Cc1ccc2c(c1)OC(F)(F)O2. The Kier molecular flexibility index (Phi) is 2.73. The number of halogens is 2. The van der Waals surface area contributed by atoms with Crippen molar-refractivity contribution in [2.75, 3.05) is 6.54 Å². The summed E-state index contributed by atoms with van der Waals surface area (Å²) >= 11 is 0. The van der Waals surface area contributed by atoms with Gasteiger partial charge in [-0.05, 0) is 36.1 Å². The Balaban J connectivity index is 2.20. The largest absolute Gasteiger partial charge is 0.586 e. The van der Waals surface area contributed by atoms with Crippen LogP contribution in [0, 0.1) is 5.41 Å². The van der Waals surface area contributed by atoms with Crippen molar-refractivity contribution in [3.63, 3.8) is 0 Å². The average molecular weight is 243 g/mol. The van der Waals surface area contributed by atoms with Gasteiger partial charge in [0.05, 0.1) is 0 Å². The molecule has 0 radical (unpaired) electrons. The molecule has 17 heavy (non-hydrogen) atoms. The Morgan fingerprint density at radius 1 is 1.24 bits per heavy atom. The van der Waals surface area contributed by atoms with Crippen LogP contribution in [-0.2, 0) is 6.42 Å². The molecule has 0 bridgehead atoms. The maximum Gasteiger partial charge on any atom is 0.586 e. The highest BCUT2D eigenvalue weighted by atomic mass is 19.3. The Morgan fingerprint density at radius 3 is 2.53 bits per heavy atom. The van der Waals surface area contributed by atoms with Gasteiger partial charge in [-0.15, -0.1) is 8.78 Å². The number of hydrogen-bond acceptors (Lipinski definition) is 3. The Morgan fingerprint density at radius 2 is 1.88 bits per heavy atom. The van der Waals surface area contributed by atoms with Crippen molar-refractivity contribution in [3.05, 3.63) is 23.8 Å². The predicted octanol–water partition coefficient (Wildman–Crippen LogP) is 2.54. The zero-order chi connectivity index (χ0) is 12.7. The Hall–Kier alpha value is -1.36. The first-order valence-electron chi connectivity index (χ1n) is 5.40. The smallest absolute Gasteiger partial charge is 0.395 e. The van der Waals surface area contributed by atoms with Gasteiger partial charge in [-0.3, -0.25) is 0 Å². The molecule has 0 fully saturated rings. The molecule has 2 N–H and O–H groups in total. The molecule has 0 amide bonds. The molecule has 0 saturated heterocycles. The van der Waals surface area contributed by atoms with E-state index in [9.17, 15) is 8.78 Å². The number of fused-ring (bicyclic) bond motifs is 1. The fourth-order valence-corrected chi connectivity index (χ4v) is 1.73. The van der Waals surface area contributed by atoms with Crippen LogP contribution in [0.25, 0.3) is 0 Å². The van der Waals surface area contributed by atoms with Gasteiger partial charge in [0.2, 0.25) is 0 Å². The highest BCUT2D eigenvalue weighted by Gasteiger charge is 2.43. The summed E-state index contributed by atoms with van der Waals surface area (Å²) in [6, 6.07) is 4.83. The number of nitrogens with two attached hydrogens (primary N) is 1. The molecule has 5 heteroatoms. The zero-order valence-electron chi connectivity index (χ0n) is 9.80. The van der Waals surface area contributed by atoms with E-state index >= 15 is 0 Å². The molecule has 1 aromatic rings. The molecule has 0 atom stereocenters. The second-order valence-electron chi connectivity index (χ2n) is 4.99. The lowest BCUT2D eigenvalue weighted by Crippen LogP contribution is -2.26. The van der Waals surface area contributed by atoms with Crippen LogP contribution >= 0.6 is 0 Å². The van der Waals surface area contributed by atoms with E-state index in [1.165, 1.54) is 6.07 Å². The first kappa shape index (κ1) is 12.1. The summed E-state index contributed by atoms with van der Waals surface area (Å²) < 4.78 is 34.3. The van der Waals surface area contributed by atoms with E-state index in [1.807, 2.05) is 13.8 Å². The molecule has 1 aliphatic heterocycles.